The van der Waals surface area contributed by atoms with E-state index in [-0.39, 0.29) is 11.0 Å². The zero-order chi connectivity index (χ0) is 13.1. The molecule has 0 aliphatic carbocycles. The first kappa shape index (κ1) is 13.4. The van der Waals surface area contributed by atoms with Crippen LogP contribution in [0, 0.1) is 12.3 Å². The first-order valence-electron chi connectivity index (χ1n) is 5.66. The molecule has 5 heteroatoms. The molecule has 94 valence electrons. The zero-order valence-corrected chi connectivity index (χ0v) is 10.7. The van der Waals surface area contributed by atoms with Crippen molar-refractivity contribution in [2.75, 3.05) is 11.9 Å². The van der Waals surface area contributed by atoms with Crippen molar-refractivity contribution in [1.82, 2.24) is 9.97 Å². The number of carboxylic acids is 1. The summed E-state index contributed by atoms with van der Waals surface area (Å²) >= 11 is 0. The van der Waals surface area contributed by atoms with E-state index in [1.807, 2.05) is 0 Å². The number of rotatable bonds is 5. The van der Waals surface area contributed by atoms with E-state index in [1.165, 1.54) is 6.20 Å². The average molecular weight is 237 g/mol. The van der Waals surface area contributed by atoms with Gasteiger partial charge in [0.05, 0.1) is 0 Å². The number of hydrogen-bond donors (Lipinski definition) is 2. The second kappa shape index (κ2) is 5.12. The van der Waals surface area contributed by atoms with Crippen LogP contribution < -0.4 is 5.32 Å². The van der Waals surface area contributed by atoms with E-state index in [9.17, 15) is 4.79 Å². The highest BCUT2D eigenvalue weighted by atomic mass is 16.4. The van der Waals surface area contributed by atoms with Gasteiger partial charge in [-0.3, -0.25) is 0 Å². The normalized spacial score (nSPS) is 11.3. The third-order valence-corrected chi connectivity index (χ3v) is 2.83. The Morgan fingerprint density at radius 3 is 2.71 bits per heavy atom. The molecule has 0 aliphatic heterocycles. The summed E-state index contributed by atoms with van der Waals surface area (Å²) in [4.78, 5) is 19.0. The smallest absolute Gasteiger partial charge is 0.341 e. The van der Waals surface area contributed by atoms with Gasteiger partial charge in [-0.15, -0.1) is 0 Å². The molecule has 0 bridgehead atoms. The van der Waals surface area contributed by atoms with Crippen LogP contribution in [-0.4, -0.2) is 27.6 Å². The molecule has 0 spiro atoms. The molecule has 1 rings (SSSR count). The molecule has 0 amide bonds. The highest BCUT2D eigenvalue weighted by molar-refractivity contribution is 5.92. The largest absolute Gasteiger partial charge is 0.477 e. The molecule has 0 saturated heterocycles. The standard InChI is InChI=1S/C12H19N3O2/c1-5-12(3,4)7-14-10-9(11(16)17)6-13-8(2)15-10/h6H,5,7H2,1-4H3,(H,16,17)(H,13,14,15). The third-order valence-electron chi connectivity index (χ3n) is 2.83. The van der Waals surface area contributed by atoms with Gasteiger partial charge in [-0.05, 0) is 18.8 Å². The summed E-state index contributed by atoms with van der Waals surface area (Å²) in [5, 5.41) is 12.1. The number of nitrogens with zero attached hydrogens (tertiary/aromatic N) is 2. The molecule has 0 atom stereocenters. The fraction of sp³-hybridized carbons (Fsp3) is 0.583. The quantitative estimate of drug-likeness (QED) is 0.822. The van der Waals surface area contributed by atoms with Crippen LogP contribution in [0.1, 0.15) is 43.4 Å². The summed E-state index contributed by atoms with van der Waals surface area (Å²) in [5.41, 5.74) is 0.219. The Balaban J connectivity index is 2.89. The SMILES string of the molecule is CCC(C)(C)CNc1nc(C)ncc1C(=O)O. The second-order valence-electron chi connectivity index (χ2n) is 4.86. The number of aromatic nitrogens is 2. The Kier molecular flexibility index (Phi) is 4.04. The van der Waals surface area contributed by atoms with Crippen LogP contribution in [0.15, 0.2) is 6.20 Å². The van der Waals surface area contributed by atoms with Crippen molar-refractivity contribution in [3.63, 3.8) is 0 Å². The van der Waals surface area contributed by atoms with E-state index < -0.39 is 5.97 Å². The zero-order valence-electron chi connectivity index (χ0n) is 10.7. The lowest BCUT2D eigenvalue weighted by atomic mass is 9.90. The van der Waals surface area contributed by atoms with Crippen LogP contribution in [0.3, 0.4) is 0 Å². The molecule has 1 aromatic rings. The molecule has 0 unspecified atom stereocenters. The molecule has 1 heterocycles. The van der Waals surface area contributed by atoms with Gasteiger partial charge < -0.3 is 10.4 Å². The maximum atomic E-state index is 11.0. The number of aryl methyl sites for hydroxylation is 1. The van der Waals surface area contributed by atoms with Crippen molar-refractivity contribution < 1.29 is 9.90 Å². The first-order valence-corrected chi connectivity index (χ1v) is 5.66. The molecule has 5 nitrogen and oxygen atoms in total. The van der Waals surface area contributed by atoms with Crippen LogP contribution in [0.4, 0.5) is 5.82 Å². The highest BCUT2D eigenvalue weighted by Gasteiger charge is 2.18. The van der Waals surface area contributed by atoms with Gasteiger partial charge in [0.15, 0.2) is 0 Å². The number of anilines is 1. The van der Waals surface area contributed by atoms with Gasteiger partial charge in [-0.2, -0.15) is 0 Å². The van der Waals surface area contributed by atoms with E-state index >= 15 is 0 Å². The average Bonchev–Trinajstić information content (AvgIpc) is 2.26. The minimum atomic E-state index is -1.01. The molecular formula is C12H19N3O2. The highest BCUT2D eigenvalue weighted by Crippen LogP contribution is 2.21. The van der Waals surface area contributed by atoms with Crippen molar-refractivity contribution in [1.29, 1.82) is 0 Å². The van der Waals surface area contributed by atoms with E-state index in [1.54, 1.807) is 6.92 Å². The van der Waals surface area contributed by atoms with Gasteiger partial charge in [0.25, 0.3) is 0 Å². The third kappa shape index (κ3) is 3.69. The van der Waals surface area contributed by atoms with E-state index in [4.69, 9.17) is 5.11 Å². The summed E-state index contributed by atoms with van der Waals surface area (Å²) < 4.78 is 0. The summed E-state index contributed by atoms with van der Waals surface area (Å²) in [5.74, 6) is -0.0554. The fourth-order valence-electron chi connectivity index (χ4n) is 1.21. The molecule has 1 aromatic heterocycles. The Hall–Kier alpha value is -1.65. The maximum absolute atomic E-state index is 11.0. The minimum Gasteiger partial charge on any atom is -0.477 e. The summed E-state index contributed by atoms with van der Waals surface area (Å²) in [6, 6.07) is 0. The van der Waals surface area contributed by atoms with Gasteiger partial charge in [0.2, 0.25) is 0 Å². The Morgan fingerprint density at radius 2 is 2.18 bits per heavy atom. The maximum Gasteiger partial charge on any atom is 0.341 e. The molecule has 0 fully saturated rings. The molecule has 0 aliphatic rings. The van der Waals surface area contributed by atoms with Crippen molar-refractivity contribution >= 4 is 11.8 Å². The van der Waals surface area contributed by atoms with Crippen LogP contribution in [-0.2, 0) is 0 Å². The first-order chi connectivity index (χ1) is 7.85. The van der Waals surface area contributed by atoms with Gasteiger partial charge in [0, 0.05) is 12.7 Å². The van der Waals surface area contributed by atoms with Crippen LogP contribution in [0.5, 0.6) is 0 Å². The van der Waals surface area contributed by atoms with Crippen LogP contribution in [0.2, 0.25) is 0 Å². The number of aromatic carboxylic acids is 1. The van der Waals surface area contributed by atoms with E-state index in [0.29, 0.717) is 18.2 Å². The number of nitrogens with one attached hydrogen (secondary N) is 1. The Morgan fingerprint density at radius 1 is 1.53 bits per heavy atom. The van der Waals surface area contributed by atoms with Gasteiger partial charge in [-0.25, -0.2) is 14.8 Å². The molecular weight excluding hydrogens is 218 g/mol. The van der Waals surface area contributed by atoms with Crippen molar-refractivity contribution in [3.05, 3.63) is 17.6 Å². The van der Waals surface area contributed by atoms with Crippen molar-refractivity contribution in [3.8, 4) is 0 Å². The minimum absolute atomic E-state index is 0.106. The molecule has 17 heavy (non-hydrogen) atoms. The predicted molar refractivity (Wildman–Crippen MR) is 66.3 cm³/mol. The monoisotopic (exact) mass is 237 g/mol. The lowest BCUT2D eigenvalue weighted by Gasteiger charge is -2.23. The number of hydrogen-bond acceptors (Lipinski definition) is 4. The molecule has 2 N–H and O–H groups in total. The van der Waals surface area contributed by atoms with Gasteiger partial charge in [0.1, 0.15) is 17.2 Å². The van der Waals surface area contributed by atoms with Gasteiger partial charge in [-0.1, -0.05) is 20.8 Å². The topological polar surface area (TPSA) is 75.1 Å². The Labute approximate surface area is 101 Å². The molecule has 0 radical (unpaired) electrons. The second-order valence-corrected chi connectivity index (χ2v) is 4.86. The summed E-state index contributed by atoms with van der Waals surface area (Å²) in [6.45, 7) is 8.76. The molecule has 0 aromatic carbocycles. The Bertz CT molecular complexity index is 416. The van der Waals surface area contributed by atoms with Crippen molar-refractivity contribution in [2.45, 2.75) is 34.1 Å². The predicted octanol–water partition coefficient (Wildman–Crippen LogP) is 2.33. The number of carbonyl (C=O) groups is 1. The molecule has 0 saturated carbocycles. The van der Waals surface area contributed by atoms with Crippen LogP contribution in [0.25, 0.3) is 0 Å². The number of carboxylic acid groups (broad SMARTS) is 1. The van der Waals surface area contributed by atoms with Crippen molar-refractivity contribution in [2.24, 2.45) is 5.41 Å². The van der Waals surface area contributed by atoms with E-state index in [0.717, 1.165) is 6.42 Å². The fourth-order valence-corrected chi connectivity index (χ4v) is 1.21. The lowest BCUT2D eigenvalue weighted by Crippen LogP contribution is -2.23. The summed E-state index contributed by atoms with van der Waals surface area (Å²) in [7, 11) is 0. The lowest BCUT2D eigenvalue weighted by molar-refractivity contribution is 0.0697. The summed E-state index contributed by atoms with van der Waals surface area (Å²) in [6.07, 6.45) is 2.35. The van der Waals surface area contributed by atoms with Crippen LogP contribution >= 0.6 is 0 Å². The van der Waals surface area contributed by atoms with Gasteiger partial charge >= 0.3 is 5.97 Å². The van der Waals surface area contributed by atoms with E-state index in [2.05, 4.69) is 36.1 Å².